The van der Waals surface area contributed by atoms with Gasteiger partial charge < -0.3 is 4.74 Å². The van der Waals surface area contributed by atoms with Crippen LogP contribution in [0.25, 0.3) is 0 Å². The molecule has 0 aliphatic rings. The molecule has 5 heteroatoms. The number of halogens is 2. The summed E-state index contributed by atoms with van der Waals surface area (Å²) < 4.78 is 5.67. The fraction of sp³-hybridized carbons (Fsp3) is 0.231. The zero-order valence-electron chi connectivity index (χ0n) is 10.1. The monoisotopic (exact) mass is 282 g/mol. The Labute approximate surface area is 116 Å². The molecule has 1 aromatic heterocycles. The predicted octanol–water partition coefficient (Wildman–Crippen LogP) is 4.28. The van der Waals surface area contributed by atoms with E-state index in [1.165, 1.54) is 0 Å². The molecule has 2 aromatic rings. The summed E-state index contributed by atoms with van der Waals surface area (Å²) in [7, 11) is 0. The van der Waals surface area contributed by atoms with Crippen LogP contribution in [0.2, 0.25) is 5.02 Å². The van der Waals surface area contributed by atoms with Crippen LogP contribution in [-0.2, 0) is 5.88 Å². The Morgan fingerprint density at radius 2 is 1.67 bits per heavy atom. The third-order valence-electron chi connectivity index (χ3n) is 2.45. The van der Waals surface area contributed by atoms with Gasteiger partial charge in [0.2, 0.25) is 0 Å². The van der Waals surface area contributed by atoms with E-state index in [-0.39, 0.29) is 0 Å². The van der Waals surface area contributed by atoms with Crippen LogP contribution in [0.1, 0.15) is 16.7 Å². The Balaban J connectivity index is 2.28. The SMILES string of the molecule is Cc1cc(Cl)cc(C)c1Oc1ncc(CCl)cn1. The zero-order valence-corrected chi connectivity index (χ0v) is 11.6. The first-order valence-electron chi connectivity index (χ1n) is 5.41. The van der Waals surface area contributed by atoms with Crippen molar-refractivity contribution in [2.75, 3.05) is 0 Å². The molecule has 2 rings (SSSR count). The minimum atomic E-state index is 0.303. The molecule has 0 fully saturated rings. The number of aromatic nitrogens is 2. The van der Waals surface area contributed by atoms with Crippen LogP contribution in [-0.4, -0.2) is 9.97 Å². The molecule has 0 bridgehead atoms. The average Bonchev–Trinajstić information content (AvgIpc) is 2.34. The van der Waals surface area contributed by atoms with Gasteiger partial charge in [-0.15, -0.1) is 11.6 Å². The van der Waals surface area contributed by atoms with Crippen LogP contribution in [0.3, 0.4) is 0 Å². The molecule has 0 unspecified atom stereocenters. The van der Waals surface area contributed by atoms with E-state index in [4.69, 9.17) is 27.9 Å². The van der Waals surface area contributed by atoms with Crippen molar-refractivity contribution >= 4 is 23.2 Å². The van der Waals surface area contributed by atoms with Crippen molar-refractivity contribution in [1.82, 2.24) is 9.97 Å². The summed E-state index contributed by atoms with van der Waals surface area (Å²) in [5, 5.41) is 0.691. The van der Waals surface area contributed by atoms with Crippen LogP contribution in [0.5, 0.6) is 11.8 Å². The van der Waals surface area contributed by atoms with Crippen LogP contribution in [0.15, 0.2) is 24.5 Å². The molecule has 94 valence electrons. The second kappa shape index (κ2) is 5.55. The first-order valence-corrected chi connectivity index (χ1v) is 6.33. The van der Waals surface area contributed by atoms with E-state index in [2.05, 4.69) is 9.97 Å². The smallest absolute Gasteiger partial charge is 0.321 e. The first-order chi connectivity index (χ1) is 8.60. The van der Waals surface area contributed by atoms with E-state index in [0.717, 1.165) is 22.4 Å². The van der Waals surface area contributed by atoms with E-state index in [1.807, 2.05) is 26.0 Å². The van der Waals surface area contributed by atoms with Crippen molar-refractivity contribution in [2.45, 2.75) is 19.7 Å². The van der Waals surface area contributed by atoms with Gasteiger partial charge in [0.1, 0.15) is 5.75 Å². The maximum Gasteiger partial charge on any atom is 0.321 e. The van der Waals surface area contributed by atoms with Crippen molar-refractivity contribution in [3.05, 3.63) is 46.2 Å². The fourth-order valence-corrected chi connectivity index (χ4v) is 2.08. The minimum absolute atomic E-state index is 0.303. The maximum absolute atomic E-state index is 5.96. The third-order valence-corrected chi connectivity index (χ3v) is 2.98. The molecule has 0 N–H and O–H groups in total. The fourth-order valence-electron chi connectivity index (χ4n) is 1.61. The van der Waals surface area contributed by atoms with Gasteiger partial charge in [0, 0.05) is 23.0 Å². The summed E-state index contributed by atoms with van der Waals surface area (Å²) in [5.41, 5.74) is 2.75. The van der Waals surface area contributed by atoms with E-state index < -0.39 is 0 Å². The molecule has 1 heterocycles. The van der Waals surface area contributed by atoms with Gasteiger partial charge in [0.25, 0.3) is 0 Å². The Morgan fingerprint density at radius 3 is 2.17 bits per heavy atom. The van der Waals surface area contributed by atoms with Crippen molar-refractivity contribution in [1.29, 1.82) is 0 Å². The van der Waals surface area contributed by atoms with Gasteiger partial charge in [-0.25, -0.2) is 9.97 Å². The molecule has 0 saturated heterocycles. The summed E-state index contributed by atoms with van der Waals surface area (Å²) in [6, 6.07) is 3.99. The molecule has 0 saturated carbocycles. The lowest BCUT2D eigenvalue weighted by atomic mass is 10.1. The largest absolute Gasteiger partial charge is 0.424 e. The molecular formula is C13H12Cl2N2O. The highest BCUT2D eigenvalue weighted by Gasteiger charge is 2.08. The highest BCUT2D eigenvalue weighted by atomic mass is 35.5. The maximum atomic E-state index is 5.96. The molecule has 0 aliphatic heterocycles. The van der Waals surface area contributed by atoms with Crippen LogP contribution < -0.4 is 4.74 Å². The lowest BCUT2D eigenvalue weighted by Crippen LogP contribution is -1.96. The lowest BCUT2D eigenvalue weighted by Gasteiger charge is -2.10. The number of alkyl halides is 1. The van der Waals surface area contributed by atoms with Gasteiger partial charge in [-0.3, -0.25) is 0 Å². The Morgan fingerprint density at radius 1 is 1.11 bits per heavy atom. The highest BCUT2D eigenvalue weighted by molar-refractivity contribution is 6.30. The Hall–Kier alpha value is -1.32. The van der Waals surface area contributed by atoms with Gasteiger partial charge >= 0.3 is 6.01 Å². The molecule has 0 amide bonds. The predicted molar refractivity (Wildman–Crippen MR) is 72.6 cm³/mol. The first kappa shape index (κ1) is 13.1. The van der Waals surface area contributed by atoms with Gasteiger partial charge in [0.15, 0.2) is 0 Å². The average molecular weight is 283 g/mol. The van der Waals surface area contributed by atoms with Gasteiger partial charge in [0.05, 0.1) is 5.88 Å². The topological polar surface area (TPSA) is 35.0 Å². The van der Waals surface area contributed by atoms with Gasteiger partial charge in [-0.2, -0.15) is 0 Å². The lowest BCUT2D eigenvalue weighted by molar-refractivity contribution is 0.435. The summed E-state index contributed by atoms with van der Waals surface area (Å²) >= 11 is 11.6. The third kappa shape index (κ3) is 2.92. The number of aryl methyl sites for hydroxylation is 2. The standard InChI is InChI=1S/C13H12Cl2N2O/c1-8-3-11(15)4-9(2)12(8)18-13-16-6-10(5-14)7-17-13/h3-4,6-7H,5H2,1-2H3. The second-order valence-electron chi connectivity index (χ2n) is 3.98. The van der Waals surface area contributed by atoms with Crippen LogP contribution in [0, 0.1) is 13.8 Å². The van der Waals surface area contributed by atoms with E-state index in [9.17, 15) is 0 Å². The number of hydrogen-bond donors (Lipinski definition) is 0. The zero-order chi connectivity index (χ0) is 13.1. The molecule has 18 heavy (non-hydrogen) atoms. The number of nitrogens with zero attached hydrogens (tertiary/aromatic N) is 2. The minimum Gasteiger partial charge on any atom is -0.424 e. The number of ether oxygens (including phenoxy) is 1. The highest BCUT2D eigenvalue weighted by Crippen LogP contribution is 2.29. The second-order valence-corrected chi connectivity index (χ2v) is 4.68. The van der Waals surface area contributed by atoms with Crippen molar-refractivity contribution in [3.63, 3.8) is 0 Å². The Bertz CT molecular complexity index is 532. The molecular weight excluding hydrogens is 271 g/mol. The number of benzene rings is 1. The van der Waals surface area contributed by atoms with E-state index in [1.54, 1.807) is 12.4 Å². The molecule has 0 radical (unpaired) electrons. The van der Waals surface area contributed by atoms with Crippen LogP contribution in [0.4, 0.5) is 0 Å². The molecule has 0 aliphatic carbocycles. The molecule has 0 spiro atoms. The summed E-state index contributed by atoms with van der Waals surface area (Å²) in [4.78, 5) is 8.20. The van der Waals surface area contributed by atoms with Crippen molar-refractivity contribution in [2.24, 2.45) is 0 Å². The molecule has 3 nitrogen and oxygen atoms in total. The molecule has 0 atom stereocenters. The number of hydrogen-bond acceptors (Lipinski definition) is 3. The Kier molecular flexibility index (Phi) is 4.04. The van der Waals surface area contributed by atoms with Gasteiger partial charge in [-0.05, 0) is 37.1 Å². The van der Waals surface area contributed by atoms with Crippen LogP contribution >= 0.6 is 23.2 Å². The number of rotatable bonds is 3. The normalized spacial score (nSPS) is 10.4. The summed E-state index contributed by atoms with van der Waals surface area (Å²) in [6.07, 6.45) is 3.30. The molecule has 1 aromatic carbocycles. The summed E-state index contributed by atoms with van der Waals surface area (Å²) in [5.74, 6) is 1.12. The van der Waals surface area contributed by atoms with Gasteiger partial charge in [-0.1, -0.05) is 11.6 Å². The van der Waals surface area contributed by atoms with Crippen molar-refractivity contribution in [3.8, 4) is 11.8 Å². The quantitative estimate of drug-likeness (QED) is 0.789. The summed E-state index contributed by atoms with van der Waals surface area (Å²) in [6.45, 7) is 3.86. The van der Waals surface area contributed by atoms with E-state index >= 15 is 0 Å². The van der Waals surface area contributed by atoms with Crippen molar-refractivity contribution < 1.29 is 4.74 Å². The van der Waals surface area contributed by atoms with E-state index in [0.29, 0.717) is 16.9 Å².